The van der Waals surface area contributed by atoms with E-state index < -0.39 is 5.82 Å². The highest BCUT2D eigenvalue weighted by Gasteiger charge is 2.13. The average Bonchev–Trinajstić information content (AvgIpc) is 2.63. The van der Waals surface area contributed by atoms with Crippen molar-refractivity contribution < 1.29 is 8.91 Å². The van der Waals surface area contributed by atoms with Crippen molar-refractivity contribution in [1.29, 1.82) is 0 Å². The Morgan fingerprint density at radius 3 is 2.86 bits per heavy atom. The number of benzene rings is 1. The number of nitrogens with zero attached hydrogens (tertiary/aromatic N) is 2. The van der Waals surface area contributed by atoms with Crippen LogP contribution in [0.4, 0.5) is 4.39 Å². The minimum atomic E-state index is -0.559. The van der Waals surface area contributed by atoms with Crippen LogP contribution in [0.15, 0.2) is 27.5 Å². The van der Waals surface area contributed by atoms with Crippen molar-refractivity contribution in [1.82, 2.24) is 10.1 Å². The van der Waals surface area contributed by atoms with E-state index in [0.717, 1.165) is 6.39 Å². The molecule has 2 rings (SSSR count). The topological polar surface area (TPSA) is 38.9 Å². The largest absolute Gasteiger partial charge is 0.342 e. The molecule has 0 spiro atoms. The molecule has 0 radical (unpaired) electrons. The van der Waals surface area contributed by atoms with Crippen molar-refractivity contribution in [2.75, 3.05) is 0 Å². The van der Waals surface area contributed by atoms with Crippen molar-refractivity contribution >= 4 is 27.5 Å². The van der Waals surface area contributed by atoms with E-state index in [9.17, 15) is 4.39 Å². The van der Waals surface area contributed by atoms with Crippen LogP contribution in [0.1, 0.15) is 0 Å². The predicted molar refractivity (Wildman–Crippen MR) is 52.4 cm³/mol. The van der Waals surface area contributed by atoms with E-state index in [1.54, 1.807) is 0 Å². The molecule has 0 saturated carbocycles. The Bertz CT molecular complexity index is 461. The van der Waals surface area contributed by atoms with Crippen LogP contribution in [-0.2, 0) is 0 Å². The van der Waals surface area contributed by atoms with E-state index in [2.05, 4.69) is 30.6 Å². The lowest BCUT2D eigenvalue weighted by Gasteiger charge is -2.00. The zero-order valence-electron chi connectivity index (χ0n) is 6.67. The van der Waals surface area contributed by atoms with Gasteiger partial charge in [0.05, 0.1) is 10.6 Å². The Hall–Kier alpha value is -0.940. The van der Waals surface area contributed by atoms with Gasteiger partial charge < -0.3 is 4.52 Å². The van der Waals surface area contributed by atoms with Gasteiger partial charge in [0.15, 0.2) is 5.82 Å². The van der Waals surface area contributed by atoms with Crippen molar-refractivity contribution in [3.63, 3.8) is 0 Å². The van der Waals surface area contributed by atoms with E-state index in [-0.39, 0.29) is 16.4 Å². The fraction of sp³-hybridized carbons (Fsp3) is 0. The van der Waals surface area contributed by atoms with Crippen molar-refractivity contribution in [3.8, 4) is 11.4 Å². The third kappa shape index (κ3) is 1.65. The number of aromatic nitrogens is 2. The van der Waals surface area contributed by atoms with Crippen molar-refractivity contribution in [3.05, 3.63) is 33.8 Å². The van der Waals surface area contributed by atoms with Crippen LogP contribution in [0, 0.1) is 5.82 Å². The Morgan fingerprint density at radius 2 is 2.21 bits per heavy atom. The molecule has 1 aromatic carbocycles. The third-order valence-electron chi connectivity index (χ3n) is 1.60. The highest BCUT2D eigenvalue weighted by atomic mass is 79.9. The highest BCUT2D eigenvalue weighted by molar-refractivity contribution is 9.10. The maximum atomic E-state index is 13.5. The first-order chi connectivity index (χ1) is 6.68. The smallest absolute Gasteiger partial charge is 0.214 e. The first kappa shape index (κ1) is 9.61. The Morgan fingerprint density at radius 1 is 1.43 bits per heavy atom. The molecule has 0 amide bonds. The number of hydrogen-bond acceptors (Lipinski definition) is 3. The molecule has 0 atom stereocenters. The SMILES string of the molecule is Fc1c(Cl)cc(Br)cc1-c1ncon1. The van der Waals surface area contributed by atoms with Gasteiger partial charge >= 0.3 is 0 Å². The molecule has 6 heteroatoms. The molecule has 0 unspecified atom stereocenters. The van der Waals surface area contributed by atoms with Gasteiger partial charge in [-0.2, -0.15) is 4.98 Å². The van der Waals surface area contributed by atoms with E-state index in [1.165, 1.54) is 12.1 Å². The summed E-state index contributed by atoms with van der Waals surface area (Å²) in [4.78, 5) is 3.73. The zero-order chi connectivity index (χ0) is 10.1. The summed E-state index contributed by atoms with van der Waals surface area (Å²) >= 11 is 8.84. The van der Waals surface area contributed by atoms with E-state index in [0.29, 0.717) is 4.47 Å². The molecule has 1 aromatic heterocycles. The van der Waals surface area contributed by atoms with Crippen molar-refractivity contribution in [2.24, 2.45) is 0 Å². The molecule has 3 nitrogen and oxygen atoms in total. The molecular weight excluding hydrogens is 274 g/mol. The lowest BCUT2D eigenvalue weighted by molar-refractivity contribution is 0.418. The molecule has 0 aliphatic carbocycles. The average molecular weight is 277 g/mol. The van der Waals surface area contributed by atoms with Gasteiger partial charge in [-0.05, 0) is 12.1 Å². The molecule has 0 aliphatic rings. The summed E-state index contributed by atoms with van der Waals surface area (Å²) in [6.07, 6.45) is 1.13. The quantitative estimate of drug-likeness (QED) is 0.751. The lowest BCUT2D eigenvalue weighted by atomic mass is 10.2. The summed E-state index contributed by atoms with van der Waals surface area (Å²) in [5.74, 6) is -0.387. The maximum absolute atomic E-state index is 13.5. The molecule has 0 bridgehead atoms. The minimum absolute atomic E-state index is 0.0131. The molecule has 72 valence electrons. The first-order valence-electron chi connectivity index (χ1n) is 3.60. The van der Waals surface area contributed by atoms with Crippen LogP contribution in [-0.4, -0.2) is 10.1 Å². The summed E-state index contributed by atoms with van der Waals surface area (Å²) in [7, 11) is 0. The molecule has 14 heavy (non-hydrogen) atoms. The highest BCUT2D eigenvalue weighted by Crippen LogP contribution is 2.29. The predicted octanol–water partition coefficient (Wildman–Crippen LogP) is 3.29. The Labute approximate surface area is 92.0 Å². The first-order valence-corrected chi connectivity index (χ1v) is 4.77. The van der Waals surface area contributed by atoms with Gasteiger partial charge in [0.25, 0.3) is 0 Å². The van der Waals surface area contributed by atoms with Gasteiger partial charge in [0.1, 0.15) is 0 Å². The van der Waals surface area contributed by atoms with Gasteiger partial charge in [-0.15, -0.1) is 0 Å². The molecular formula is C8H3BrClFN2O. The second-order valence-electron chi connectivity index (χ2n) is 2.50. The van der Waals surface area contributed by atoms with Gasteiger partial charge in [-0.3, -0.25) is 0 Å². The Kier molecular flexibility index (Phi) is 2.52. The summed E-state index contributed by atoms with van der Waals surface area (Å²) in [6.45, 7) is 0. The molecule has 0 fully saturated rings. The summed E-state index contributed by atoms with van der Waals surface area (Å²) in [5.41, 5.74) is 0.207. The molecule has 1 heterocycles. The van der Waals surface area contributed by atoms with Crippen LogP contribution >= 0.6 is 27.5 Å². The molecule has 0 saturated heterocycles. The van der Waals surface area contributed by atoms with Gasteiger partial charge in [-0.1, -0.05) is 32.7 Å². The number of rotatable bonds is 1. The van der Waals surface area contributed by atoms with E-state index in [4.69, 9.17) is 11.6 Å². The standard InChI is InChI=1S/C8H3BrClFN2O/c9-4-1-5(7(11)6(10)2-4)8-12-3-14-13-8/h1-3H. The molecule has 0 N–H and O–H groups in total. The maximum Gasteiger partial charge on any atom is 0.214 e. The second-order valence-corrected chi connectivity index (χ2v) is 3.83. The lowest BCUT2D eigenvalue weighted by Crippen LogP contribution is -1.88. The minimum Gasteiger partial charge on any atom is -0.342 e. The fourth-order valence-corrected chi connectivity index (χ4v) is 1.82. The normalized spacial score (nSPS) is 10.5. The van der Waals surface area contributed by atoms with Crippen LogP contribution in [0.2, 0.25) is 5.02 Å². The Balaban J connectivity index is 2.64. The fourth-order valence-electron chi connectivity index (χ4n) is 1.01. The van der Waals surface area contributed by atoms with Crippen molar-refractivity contribution in [2.45, 2.75) is 0 Å². The third-order valence-corrected chi connectivity index (χ3v) is 2.33. The molecule has 2 aromatic rings. The second kappa shape index (κ2) is 3.67. The summed E-state index contributed by atoms with van der Waals surface area (Å²) in [6, 6.07) is 2.99. The van der Waals surface area contributed by atoms with Crippen LogP contribution < -0.4 is 0 Å². The van der Waals surface area contributed by atoms with E-state index >= 15 is 0 Å². The van der Waals surface area contributed by atoms with Gasteiger partial charge in [0.2, 0.25) is 12.2 Å². The monoisotopic (exact) mass is 276 g/mol. The van der Waals surface area contributed by atoms with Crippen LogP contribution in [0.25, 0.3) is 11.4 Å². The van der Waals surface area contributed by atoms with Crippen LogP contribution in [0.3, 0.4) is 0 Å². The molecule has 0 aliphatic heterocycles. The summed E-state index contributed by atoms with van der Waals surface area (Å²) < 4.78 is 18.6. The van der Waals surface area contributed by atoms with Gasteiger partial charge in [0, 0.05) is 4.47 Å². The number of halogens is 3. The van der Waals surface area contributed by atoms with Crippen LogP contribution in [0.5, 0.6) is 0 Å². The zero-order valence-corrected chi connectivity index (χ0v) is 9.01. The summed E-state index contributed by atoms with van der Waals surface area (Å²) in [5, 5.41) is 3.54. The number of hydrogen-bond donors (Lipinski definition) is 0. The van der Waals surface area contributed by atoms with E-state index in [1.807, 2.05) is 0 Å². The van der Waals surface area contributed by atoms with Gasteiger partial charge in [-0.25, -0.2) is 4.39 Å².